The average molecular weight is 349 g/mol. The van der Waals surface area contributed by atoms with Crippen molar-refractivity contribution in [3.8, 4) is 0 Å². The van der Waals surface area contributed by atoms with Gasteiger partial charge in [-0.1, -0.05) is 11.6 Å². The number of hydrogen-bond donors (Lipinski definition) is 2. The molecule has 0 aliphatic rings. The van der Waals surface area contributed by atoms with E-state index in [9.17, 15) is 9.59 Å². The van der Waals surface area contributed by atoms with E-state index in [1.807, 2.05) is 31.2 Å². The lowest BCUT2D eigenvalue weighted by Crippen LogP contribution is -2.22. The summed E-state index contributed by atoms with van der Waals surface area (Å²) in [6.45, 7) is 3.31. The van der Waals surface area contributed by atoms with E-state index in [1.165, 1.54) is 18.7 Å². The molecule has 2 rings (SSSR count). The standard InChI is InChI=1S/C17H17ClN2O2S/c1-11(17(22)20-15-5-3-13(18)4-6-15)23-16-9-7-14(8-10-16)19-12(2)21/h3-11H,1-2H3,(H,19,21)(H,20,22)/t11-/m1/s1. The molecular weight excluding hydrogens is 332 g/mol. The number of rotatable bonds is 5. The number of carbonyl (C=O) groups is 2. The van der Waals surface area contributed by atoms with Crippen LogP contribution in [-0.2, 0) is 9.59 Å². The molecule has 0 saturated heterocycles. The number of nitrogens with one attached hydrogen (secondary N) is 2. The summed E-state index contributed by atoms with van der Waals surface area (Å²) in [5, 5.41) is 5.94. The van der Waals surface area contributed by atoms with Crippen LogP contribution in [0.3, 0.4) is 0 Å². The third-order valence-corrected chi connectivity index (χ3v) is 4.33. The Morgan fingerprint density at radius 3 is 2.04 bits per heavy atom. The molecule has 4 nitrogen and oxygen atoms in total. The van der Waals surface area contributed by atoms with Crippen molar-refractivity contribution >= 4 is 46.6 Å². The van der Waals surface area contributed by atoms with Gasteiger partial charge in [0.25, 0.3) is 0 Å². The second-order valence-corrected chi connectivity index (χ2v) is 6.81. The predicted octanol–water partition coefficient (Wildman–Crippen LogP) is 4.42. The number of halogens is 1. The number of anilines is 2. The largest absolute Gasteiger partial charge is 0.326 e. The first kappa shape index (κ1) is 17.4. The Kier molecular flexibility index (Phi) is 6.07. The predicted molar refractivity (Wildman–Crippen MR) is 96.1 cm³/mol. The minimum absolute atomic E-state index is 0.0803. The maximum Gasteiger partial charge on any atom is 0.237 e. The molecule has 0 aliphatic carbocycles. The van der Waals surface area contributed by atoms with Crippen LogP contribution in [0.15, 0.2) is 53.4 Å². The summed E-state index contributed by atoms with van der Waals surface area (Å²) in [4.78, 5) is 24.1. The summed E-state index contributed by atoms with van der Waals surface area (Å²) in [6.07, 6.45) is 0. The van der Waals surface area contributed by atoms with Crippen molar-refractivity contribution in [1.29, 1.82) is 0 Å². The van der Waals surface area contributed by atoms with Crippen LogP contribution in [0, 0.1) is 0 Å². The second-order valence-electron chi connectivity index (χ2n) is 4.96. The fourth-order valence-electron chi connectivity index (χ4n) is 1.85. The molecule has 2 aromatic rings. The fourth-order valence-corrected chi connectivity index (χ4v) is 2.85. The molecule has 0 aromatic heterocycles. The molecule has 2 aromatic carbocycles. The van der Waals surface area contributed by atoms with Crippen molar-refractivity contribution in [2.75, 3.05) is 10.6 Å². The maximum atomic E-state index is 12.2. The number of thioether (sulfide) groups is 1. The number of benzene rings is 2. The minimum atomic E-state index is -0.253. The normalized spacial score (nSPS) is 11.6. The zero-order valence-electron chi connectivity index (χ0n) is 12.8. The lowest BCUT2D eigenvalue weighted by molar-refractivity contribution is -0.115. The average Bonchev–Trinajstić information content (AvgIpc) is 2.51. The third-order valence-electron chi connectivity index (χ3n) is 2.97. The van der Waals surface area contributed by atoms with Gasteiger partial charge in [-0.25, -0.2) is 0 Å². The van der Waals surface area contributed by atoms with Gasteiger partial charge in [-0.3, -0.25) is 9.59 Å². The van der Waals surface area contributed by atoms with Gasteiger partial charge in [-0.15, -0.1) is 11.8 Å². The van der Waals surface area contributed by atoms with E-state index in [0.29, 0.717) is 10.7 Å². The van der Waals surface area contributed by atoms with Crippen LogP contribution in [0.5, 0.6) is 0 Å². The molecule has 6 heteroatoms. The zero-order valence-corrected chi connectivity index (χ0v) is 14.4. The van der Waals surface area contributed by atoms with Gasteiger partial charge in [-0.2, -0.15) is 0 Å². The van der Waals surface area contributed by atoms with Crippen molar-refractivity contribution in [3.05, 3.63) is 53.6 Å². The van der Waals surface area contributed by atoms with Crippen molar-refractivity contribution in [2.45, 2.75) is 24.0 Å². The third kappa shape index (κ3) is 5.62. The van der Waals surface area contributed by atoms with Crippen molar-refractivity contribution in [2.24, 2.45) is 0 Å². The summed E-state index contributed by atoms with van der Waals surface area (Å²) in [6, 6.07) is 14.4. The van der Waals surface area contributed by atoms with Gasteiger partial charge in [0.2, 0.25) is 11.8 Å². The molecule has 0 saturated carbocycles. The highest BCUT2D eigenvalue weighted by Gasteiger charge is 2.14. The molecule has 2 N–H and O–H groups in total. The molecule has 0 bridgehead atoms. The Balaban J connectivity index is 1.92. The Bertz CT molecular complexity index is 687. The van der Waals surface area contributed by atoms with Crippen LogP contribution < -0.4 is 10.6 Å². The zero-order chi connectivity index (χ0) is 16.8. The molecule has 2 amide bonds. The molecule has 1 atom stereocenters. The Morgan fingerprint density at radius 2 is 1.48 bits per heavy atom. The first-order chi connectivity index (χ1) is 10.9. The Hall–Kier alpha value is -1.98. The summed E-state index contributed by atoms with van der Waals surface area (Å²) >= 11 is 7.27. The summed E-state index contributed by atoms with van der Waals surface area (Å²) in [5.74, 6) is -0.190. The SMILES string of the molecule is CC(=O)Nc1ccc(S[C@H](C)C(=O)Nc2ccc(Cl)cc2)cc1. The second kappa shape index (κ2) is 8.04. The number of hydrogen-bond acceptors (Lipinski definition) is 3. The first-order valence-electron chi connectivity index (χ1n) is 7.05. The van der Waals surface area contributed by atoms with E-state index >= 15 is 0 Å². The van der Waals surface area contributed by atoms with Gasteiger partial charge in [0, 0.05) is 28.2 Å². The van der Waals surface area contributed by atoms with Crippen LogP contribution in [0.4, 0.5) is 11.4 Å². The summed E-state index contributed by atoms with van der Waals surface area (Å²) < 4.78 is 0. The van der Waals surface area contributed by atoms with E-state index < -0.39 is 0 Å². The molecule has 0 radical (unpaired) electrons. The van der Waals surface area contributed by atoms with E-state index in [1.54, 1.807) is 24.3 Å². The highest BCUT2D eigenvalue weighted by molar-refractivity contribution is 8.00. The molecule has 23 heavy (non-hydrogen) atoms. The molecular formula is C17H17ClN2O2S. The number of carbonyl (C=O) groups excluding carboxylic acids is 2. The van der Waals surface area contributed by atoms with Crippen LogP contribution in [0.1, 0.15) is 13.8 Å². The minimum Gasteiger partial charge on any atom is -0.326 e. The topological polar surface area (TPSA) is 58.2 Å². The van der Waals surface area contributed by atoms with Gasteiger partial charge in [0.1, 0.15) is 0 Å². The lowest BCUT2D eigenvalue weighted by atomic mass is 10.3. The quantitative estimate of drug-likeness (QED) is 0.786. The summed E-state index contributed by atoms with van der Waals surface area (Å²) in [5.41, 5.74) is 1.45. The van der Waals surface area contributed by atoms with E-state index in [0.717, 1.165) is 10.6 Å². The smallest absolute Gasteiger partial charge is 0.237 e. The van der Waals surface area contributed by atoms with Crippen LogP contribution in [-0.4, -0.2) is 17.1 Å². The Labute approximate surface area is 144 Å². The van der Waals surface area contributed by atoms with Crippen LogP contribution in [0.25, 0.3) is 0 Å². The molecule has 0 heterocycles. The van der Waals surface area contributed by atoms with Crippen molar-refractivity contribution < 1.29 is 9.59 Å². The molecule has 0 spiro atoms. The van der Waals surface area contributed by atoms with Gasteiger partial charge in [0.05, 0.1) is 5.25 Å². The molecule has 0 unspecified atom stereocenters. The first-order valence-corrected chi connectivity index (χ1v) is 8.30. The molecule has 0 fully saturated rings. The van der Waals surface area contributed by atoms with Gasteiger partial charge >= 0.3 is 0 Å². The molecule has 120 valence electrons. The maximum absolute atomic E-state index is 12.2. The van der Waals surface area contributed by atoms with Gasteiger partial charge in [-0.05, 0) is 55.5 Å². The highest BCUT2D eigenvalue weighted by atomic mass is 35.5. The van der Waals surface area contributed by atoms with Crippen LogP contribution in [0.2, 0.25) is 5.02 Å². The lowest BCUT2D eigenvalue weighted by Gasteiger charge is -2.12. The van der Waals surface area contributed by atoms with Gasteiger partial charge < -0.3 is 10.6 Å². The van der Waals surface area contributed by atoms with Gasteiger partial charge in [0.15, 0.2) is 0 Å². The van der Waals surface area contributed by atoms with E-state index in [4.69, 9.17) is 11.6 Å². The molecule has 0 aliphatic heterocycles. The fraction of sp³-hybridized carbons (Fsp3) is 0.176. The monoisotopic (exact) mass is 348 g/mol. The van der Waals surface area contributed by atoms with Crippen molar-refractivity contribution in [3.63, 3.8) is 0 Å². The van der Waals surface area contributed by atoms with E-state index in [-0.39, 0.29) is 17.1 Å². The Morgan fingerprint density at radius 1 is 0.957 bits per heavy atom. The van der Waals surface area contributed by atoms with E-state index in [2.05, 4.69) is 10.6 Å². The van der Waals surface area contributed by atoms with Crippen LogP contribution >= 0.6 is 23.4 Å². The van der Waals surface area contributed by atoms with Crippen molar-refractivity contribution in [1.82, 2.24) is 0 Å². The highest BCUT2D eigenvalue weighted by Crippen LogP contribution is 2.25. The number of amides is 2. The summed E-state index contributed by atoms with van der Waals surface area (Å²) in [7, 11) is 0.